The van der Waals surface area contributed by atoms with Gasteiger partial charge >= 0.3 is 6.18 Å². The van der Waals surface area contributed by atoms with Crippen molar-refractivity contribution >= 4 is 15.6 Å². The number of hydrogen-bond donors (Lipinski definition) is 0. The summed E-state index contributed by atoms with van der Waals surface area (Å²) in [7, 11) is -3.79. The molecule has 0 bridgehead atoms. The fourth-order valence-electron chi connectivity index (χ4n) is 3.47. The van der Waals surface area contributed by atoms with E-state index in [-0.39, 0.29) is 24.3 Å². The summed E-state index contributed by atoms with van der Waals surface area (Å²) in [4.78, 5) is 12.8. The Balaban J connectivity index is 1.88. The van der Waals surface area contributed by atoms with Crippen molar-refractivity contribution in [2.75, 3.05) is 6.26 Å². The minimum atomic E-state index is -4.45. The summed E-state index contributed by atoms with van der Waals surface area (Å²) in [6, 6.07) is 0. The van der Waals surface area contributed by atoms with Crippen LogP contribution in [0, 0.1) is 11.8 Å². The fourth-order valence-corrected chi connectivity index (χ4v) is 4.91. The number of rotatable bonds is 4. The van der Waals surface area contributed by atoms with E-state index in [1.54, 1.807) is 0 Å². The summed E-state index contributed by atoms with van der Waals surface area (Å²) < 4.78 is 68.1. The number of halogens is 3. The van der Waals surface area contributed by atoms with Crippen LogP contribution in [0.4, 0.5) is 13.2 Å². The van der Waals surface area contributed by atoms with Crippen LogP contribution >= 0.6 is 0 Å². The van der Waals surface area contributed by atoms with Gasteiger partial charge in [0.25, 0.3) is 0 Å². The average molecular weight is 365 g/mol. The molecule has 2 fully saturated rings. The van der Waals surface area contributed by atoms with Crippen molar-refractivity contribution < 1.29 is 30.9 Å². The molecule has 9 heteroatoms. The van der Waals surface area contributed by atoms with E-state index < -0.39 is 45.3 Å². The Morgan fingerprint density at radius 2 is 1.92 bits per heavy atom. The lowest BCUT2D eigenvalue weighted by molar-refractivity contribution is -0.182. The summed E-state index contributed by atoms with van der Waals surface area (Å²) in [6.07, 6.45) is -1.48. The maximum atomic E-state index is 13.0. The second-order valence-corrected chi connectivity index (χ2v) is 9.03. The van der Waals surface area contributed by atoms with Gasteiger partial charge in [-0.25, -0.2) is 8.42 Å². The first kappa shape index (κ1) is 17.4. The van der Waals surface area contributed by atoms with Crippen molar-refractivity contribution in [1.29, 1.82) is 0 Å². The van der Waals surface area contributed by atoms with Crippen LogP contribution in [-0.2, 0) is 9.84 Å². The third-order valence-corrected chi connectivity index (χ3v) is 6.57. The topological polar surface area (TPSA) is 77.2 Å². The molecule has 0 spiro atoms. The number of carbonyl (C=O) groups is 1. The summed E-state index contributed by atoms with van der Waals surface area (Å²) in [5.41, 5.74) is 0.224. The number of nitrogens with zero attached hydrogens (tertiary/aromatic N) is 1. The molecule has 2 aliphatic rings. The van der Waals surface area contributed by atoms with Gasteiger partial charge in [0.1, 0.15) is 0 Å². The van der Waals surface area contributed by atoms with E-state index in [1.807, 2.05) is 0 Å². The molecule has 0 aliphatic heterocycles. The maximum Gasteiger partial charge on any atom is 0.391 e. The zero-order chi connectivity index (χ0) is 17.7. The first-order chi connectivity index (χ1) is 11.1. The van der Waals surface area contributed by atoms with Crippen LogP contribution in [0.2, 0.25) is 0 Å². The van der Waals surface area contributed by atoms with Crippen LogP contribution in [0.25, 0.3) is 0 Å². The fraction of sp³-hybridized carbons (Fsp3) is 0.733. The standard InChI is InChI=1S/C15H18F3NO4S/c1-24(21,22)12-6-9(15(16,17)18)4-5-10(12)13(20)11-7-19-23-14(11)8-2-3-8/h7-10,12H,2-6H2,1H3. The highest BCUT2D eigenvalue weighted by Crippen LogP contribution is 2.45. The van der Waals surface area contributed by atoms with Gasteiger partial charge in [0.2, 0.25) is 0 Å². The third kappa shape index (κ3) is 3.36. The molecule has 0 N–H and O–H groups in total. The predicted octanol–water partition coefficient (Wildman–Crippen LogP) is 3.13. The minimum Gasteiger partial charge on any atom is -0.360 e. The van der Waals surface area contributed by atoms with Crippen molar-refractivity contribution in [3.63, 3.8) is 0 Å². The lowest BCUT2D eigenvalue weighted by atomic mass is 9.78. The van der Waals surface area contributed by atoms with Crippen LogP contribution in [0.1, 0.15) is 54.1 Å². The SMILES string of the molecule is CS(=O)(=O)C1CC(C(F)(F)F)CCC1C(=O)c1cnoc1C1CC1. The molecular weight excluding hydrogens is 347 g/mol. The number of aromatic nitrogens is 1. The monoisotopic (exact) mass is 365 g/mol. The van der Waals surface area contributed by atoms with E-state index in [4.69, 9.17) is 4.52 Å². The molecule has 5 nitrogen and oxygen atoms in total. The molecule has 0 saturated heterocycles. The molecule has 3 rings (SSSR count). The first-order valence-electron chi connectivity index (χ1n) is 7.83. The number of carbonyl (C=O) groups excluding carboxylic acids is 1. The number of Topliss-reactive ketones (excluding diaryl/α,β-unsaturated/α-hetero) is 1. The molecule has 2 aliphatic carbocycles. The van der Waals surface area contributed by atoms with E-state index in [0.29, 0.717) is 5.76 Å². The van der Waals surface area contributed by atoms with E-state index in [9.17, 15) is 26.4 Å². The predicted molar refractivity (Wildman–Crippen MR) is 78.3 cm³/mol. The van der Waals surface area contributed by atoms with Crippen LogP contribution in [0.3, 0.4) is 0 Å². The number of ketones is 1. The molecule has 1 heterocycles. The smallest absolute Gasteiger partial charge is 0.360 e. The molecule has 0 aromatic carbocycles. The van der Waals surface area contributed by atoms with Crippen molar-refractivity contribution in [2.45, 2.75) is 49.4 Å². The molecule has 134 valence electrons. The van der Waals surface area contributed by atoms with Crippen molar-refractivity contribution in [2.24, 2.45) is 11.8 Å². The van der Waals surface area contributed by atoms with E-state index in [2.05, 4.69) is 5.16 Å². The number of hydrogen-bond acceptors (Lipinski definition) is 5. The Labute approximate surface area is 137 Å². The van der Waals surface area contributed by atoms with Crippen LogP contribution in [0.5, 0.6) is 0 Å². The Morgan fingerprint density at radius 1 is 1.25 bits per heavy atom. The van der Waals surface area contributed by atoms with Crippen molar-refractivity contribution in [1.82, 2.24) is 5.16 Å². The van der Waals surface area contributed by atoms with Gasteiger partial charge in [0, 0.05) is 18.1 Å². The van der Waals surface area contributed by atoms with Crippen molar-refractivity contribution in [3.05, 3.63) is 17.5 Å². The van der Waals surface area contributed by atoms with E-state index in [1.165, 1.54) is 6.20 Å². The first-order valence-corrected chi connectivity index (χ1v) is 9.79. The van der Waals surface area contributed by atoms with Gasteiger partial charge in [-0.05, 0) is 32.1 Å². The van der Waals surface area contributed by atoms with E-state index in [0.717, 1.165) is 19.1 Å². The summed E-state index contributed by atoms with van der Waals surface area (Å²) in [5, 5.41) is 2.29. The molecule has 0 radical (unpaired) electrons. The highest BCUT2D eigenvalue weighted by molar-refractivity contribution is 7.91. The summed E-state index contributed by atoms with van der Waals surface area (Å²) in [6.45, 7) is 0. The normalized spacial score (nSPS) is 28.8. The second kappa shape index (κ2) is 5.86. The maximum absolute atomic E-state index is 13.0. The Bertz CT molecular complexity index is 736. The van der Waals surface area contributed by atoms with Gasteiger partial charge in [-0.1, -0.05) is 5.16 Å². The van der Waals surface area contributed by atoms with Crippen LogP contribution in [0.15, 0.2) is 10.7 Å². The molecule has 24 heavy (non-hydrogen) atoms. The zero-order valence-electron chi connectivity index (χ0n) is 13.0. The average Bonchev–Trinajstić information content (AvgIpc) is 3.21. The Morgan fingerprint density at radius 3 is 2.46 bits per heavy atom. The Kier molecular flexibility index (Phi) is 4.26. The van der Waals surface area contributed by atoms with Gasteiger partial charge in [-0.2, -0.15) is 13.2 Å². The molecule has 1 aromatic heterocycles. The zero-order valence-corrected chi connectivity index (χ0v) is 13.9. The summed E-state index contributed by atoms with van der Waals surface area (Å²) in [5.74, 6) is -2.59. The van der Waals surface area contributed by atoms with Gasteiger partial charge in [0.05, 0.1) is 22.9 Å². The van der Waals surface area contributed by atoms with Crippen LogP contribution in [-0.4, -0.2) is 37.0 Å². The lowest BCUT2D eigenvalue weighted by Gasteiger charge is -2.34. The highest BCUT2D eigenvalue weighted by atomic mass is 32.2. The molecule has 2 saturated carbocycles. The molecule has 1 aromatic rings. The van der Waals surface area contributed by atoms with Gasteiger partial charge in [-0.3, -0.25) is 4.79 Å². The Hall–Kier alpha value is -1.38. The number of sulfone groups is 1. The molecular formula is C15H18F3NO4S. The van der Waals surface area contributed by atoms with Crippen molar-refractivity contribution in [3.8, 4) is 0 Å². The van der Waals surface area contributed by atoms with Crippen LogP contribution < -0.4 is 0 Å². The van der Waals surface area contributed by atoms with Gasteiger partial charge in [0.15, 0.2) is 21.4 Å². The third-order valence-electron chi connectivity index (χ3n) is 4.95. The largest absolute Gasteiger partial charge is 0.391 e. The molecule has 0 amide bonds. The van der Waals surface area contributed by atoms with E-state index >= 15 is 0 Å². The highest BCUT2D eigenvalue weighted by Gasteiger charge is 2.50. The molecule has 3 atom stereocenters. The summed E-state index contributed by atoms with van der Waals surface area (Å²) >= 11 is 0. The second-order valence-electron chi connectivity index (χ2n) is 6.77. The quantitative estimate of drug-likeness (QED) is 0.766. The lowest BCUT2D eigenvalue weighted by Crippen LogP contribution is -2.43. The van der Waals surface area contributed by atoms with Gasteiger partial charge in [-0.15, -0.1) is 0 Å². The molecule has 3 unspecified atom stereocenters. The van der Waals surface area contributed by atoms with Gasteiger partial charge < -0.3 is 4.52 Å². The number of alkyl halides is 3. The minimum absolute atomic E-state index is 0.101.